The molecule has 1 aliphatic heterocycles. The predicted molar refractivity (Wildman–Crippen MR) is 133 cm³/mol. The van der Waals surface area contributed by atoms with Gasteiger partial charge in [0.25, 0.3) is 0 Å². The molecule has 0 fully saturated rings. The molecule has 1 amide bonds. The van der Waals surface area contributed by atoms with E-state index in [1.165, 1.54) is 0 Å². The Balaban J connectivity index is 1.46. The molecule has 0 saturated carbocycles. The summed E-state index contributed by atoms with van der Waals surface area (Å²) in [5.41, 5.74) is 3.53. The summed E-state index contributed by atoms with van der Waals surface area (Å²) in [5.74, 6) is 2.09. The Morgan fingerprint density at radius 3 is 2.59 bits per heavy atom. The van der Waals surface area contributed by atoms with Crippen LogP contribution >= 0.6 is 23.2 Å². The first kappa shape index (κ1) is 22.6. The predicted octanol–water partition coefficient (Wildman–Crippen LogP) is 5.93. The Morgan fingerprint density at radius 2 is 1.79 bits per heavy atom. The van der Waals surface area contributed by atoms with Crippen LogP contribution in [0.1, 0.15) is 36.3 Å². The molecule has 1 aliphatic rings. The molecule has 0 saturated heterocycles. The van der Waals surface area contributed by atoms with E-state index in [9.17, 15) is 4.79 Å². The van der Waals surface area contributed by atoms with Gasteiger partial charge in [-0.1, -0.05) is 66.5 Å². The van der Waals surface area contributed by atoms with Crippen LogP contribution in [-0.4, -0.2) is 22.3 Å². The second-order valence-electron chi connectivity index (χ2n) is 8.14. The largest absolute Gasteiger partial charge is 0.454 e. The number of imidazole rings is 1. The lowest BCUT2D eigenvalue weighted by Gasteiger charge is -2.20. The van der Waals surface area contributed by atoms with Crippen molar-refractivity contribution in [3.8, 4) is 11.5 Å². The molecule has 2 heterocycles. The fourth-order valence-electron chi connectivity index (χ4n) is 4.23. The van der Waals surface area contributed by atoms with Crippen molar-refractivity contribution in [3.63, 3.8) is 0 Å². The average molecular weight is 496 g/mol. The summed E-state index contributed by atoms with van der Waals surface area (Å²) < 4.78 is 12.8. The van der Waals surface area contributed by atoms with Gasteiger partial charge in [0.05, 0.1) is 21.1 Å². The molecule has 0 radical (unpaired) electrons. The number of hydrogen-bond donors (Lipinski definition) is 1. The number of amides is 1. The lowest BCUT2D eigenvalue weighted by molar-refractivity contribution is -0.124. The van der Waals surface area contributed by atoms with Crippen molar-refractivity contribution in [2.24, 2.45) is 0 Å². The zero-order valence-electron chi connectivity index (χ0n) is 18.6. The normalized spacial score (nSPS) is 13.3. The van der Waals surface area contributed by atoms with Crippen molar-refractivity contribution in [2.45, 2.75) is 32.4 Å². The molecule has 174 valence electrons. The third-order valence-electron chi connectivity index (χ3n) is 5.91. The van der Waals surface area contributed by atoms with Crippen LogP contribution in [0.15, 0.2) is 60.7 Å². The summed E-state index contributed by atoms with van der Waals surface area (Å²) >= 11 is 12.6. The van der Waals surface area contributed by atoms with Gasteiger partial charge >= 0.3 is 0 Å². The van der Waals surface area contributed by atoms with Gasteiger partial charge in [-0.3, -0.25) is 4.79 Å². The van der Waals surface area contributed by atoms with Crippen LogP contribution in [0.5, 0.6) is 11.5 Å². The van der Waals surface area contributed by atoms with Crippen LogP contribution in [0.3, 0.4) is 0 Å². The van der Waals surface area contributed by atoms with Gasteiger partial charge in [0.15, 0.2) is 11.5 Å². The molecule has 1 aromatic heterocycles. The van der Waals surface area contributed by atoms with E-state index in [0.717, 1.165) is 22.5 Å². The van der Waals surface area contributed by atoms with E-state index in [4.69, 9.17) is 37.7 Å². The van der Waals surface area contributed by atoms with Gasteiger partial charge in [-0.15, -0.1) is 0 Å². The van der Waals surface area contributed by atoms with E-state index >= 15 is 0 Å². The number of benzene rings is 3. The number of fused-ring (bicyclic) bond motifs is 2. The number of nitrogens with one attached hydrogen (secondary N) is 1. The number of nitrogens with zero attached hydrogens (tertiary/aromatic N) is 2. The van der Waals surface area contributed by atoms with E-state index in [2.05, 4.69) is 5.32 Å². The molecule has 3 aromatic carbocycles. The topological polar surface area (TPSA) is 65.4 Å². The van der Waals surface area contributed by atoms with Crippen LogP contribution in [0.25, 0.3) is 11.0 Å². The Hall–Kier alpha value is -3.22. The zero-order chi connectivity index (χ0) is 23.7. The van der Waals surface area contributed by atoms with E-state index in [-0.39, 0.29) is 12.7 Å². The fourth-order valence-corrected chi connectivity index (χ4v) is 4.55. The highest BCUT2D eigenvalue weighted by molar-refractivity contribution is 6.42. The van der Waals surface area contributed by atoms with Crippen LogP contribution in [-0.2, 0) is 17.8 Å². The summed E-state index contributed by atoms with van der Waals surface area (Å²) in [7, 11) is 0. The SMILES string of the molecule is CC[C@@H](C(=O)NCc1ccc2c(c1)OCO2)n1c(Cc2ccccc2)nc2cc(Cl)c(Cl)cc21. The molecule has 1 atom stereocenters. The second-order valence-corrected chi connectivity index (χ2v) is 8.96. The molecule has 0 spiro atoms. The molecular formula is C26H23Cl2N3O3. The minimum absolute atomic E-state index is 0.0974. The van der Waals surface area contributed by atoms with Gasteiger partial charge in [-0.2, -0.15) is 0 Å². The summed E-state index contributed by atoms with van der Waals surface area (Å²) in [6.07, 6.45) is 1.16. The van der Waals surface area contributed by atoms with Crippen LogP contribution < -0.4 is 14.8 Å². The Bertz CT molecular complexity index is 1350. The molecule has 6 nitrogen and oxygen atoms in total. The first-order chi connectivity index (χ1) is 16.5. The highest BCUT2D eigenvalue weighted by Gasteiger charge is 2.25. The number of carbonyl (C=O) groups excluding carboxylic acids is 1. The van der Waals surface area contributed by atoms with Crippen molar-refractivity contribution in [3.05, 3.63) is 87.7 Å². The third kappa shape index (κ3) is 4.43. The number of halogens is 2. The van der Waals surface area contributed by atoms with Gasteiger partial charge < -0.3 is 19.4 Å². The number of aromatic nitrogens is 2. The zero-order valence-corrected chi connectivity index (χ0v) is 20.1. The first-order valence-electron chi connectivity index (χ1n) is 11.1. The Labute approximate surface area is 207 Å². The Morgan fingerprint density at radius 1 is 1.03 bits per heavy atom. The lowest BCUT2D eigenvalue weighted by Crippen LogP contribution is -2.32. The molecule has 0 aliphatic carbocycles. The second kappa shape index (κ2) is 9.57. The number of hydrogen-bond acceptors (Lipinski definition) is 4. The fraction of sp³-hybridized carbons (Fsp3) is 0.231. The van der Waals surface area contributed by atoms with Crippen molar-refractivity contribution in [1.29, 1.82) is 0 Å². The molecule has 5 rings (SSSR count). The van der Waals surface area contributed by atoms with Crippen molar-refractivity contribution >= 4 is 40.1 Å². The standard InChI is InChI=1S/C26H23Cl2N3O3/c1-2-21(26(32)29-14-17-8-9-23-24(10-17)34-15-33-23)31-22-13-19(28)18(27)12-20(22)30-25(31)11-16-6-4-3-5-7-16/h3-10,12-13,21H,2,11,14-15H2,1H3,(H,29,32)/t21-/m0/s1. The van der Waals surface area contributed by atoms with E-state index in [0.29, 0.717) is 46.4 Å². The number of rotatable bonds is 7. The van der Waals surface area contributed by atoms with E-state index in [1.807, 2.05) is 60.0 Å². The molecule has 4 aromatic rings. The van der Waals surface area contributed by atoms with Crippen molar-refractivity contribution in [1.82, 2.24) is 14.9 Å². The van der Waals surface area contributed by atoms with E-state index < -0.39 is 6.04 Å². The van der Waals surface area contributed by atoms with Gasteiger partial charge in [-0.25, -0.2) is 4.98 Å². The van der Waals surface area contributed by atoms with E-state index in [1.54, 1.807) is 12.1 Å². The van der Waals surface area contributed by atoms with Crippen LogP contribution in [0, 0.1) is 0 Å². The summed E-state index contributed by atoms with van der Waals surface area (Å²) in [4.78, 5) is 18.2. The van der Waals surface area contributed by atoms with Gasteiger partial charge in [0.1, 0.15) is 11.9 Å². The van der Waals surface area contributed by atoms with Crippen molar-refractivity contribution < 1.29 is 14.3 Å². The molecule has 0 bridgehead atoms. The summed E-state index contributed by atoms with van der Waals surface area (Å²) in [6.45, 7) is 2.58. The lowest BCUT2D eigenvalue weighted by atomic mass is 10.1. The highest BCUT2D eigenvalue weighted by atomic mass is 35.5. The van der Waals surface area contributed by atoms with Gasteiger partial charge in [-0.05, 0) is 41.8 Å². The summed E-state index contributed by atoms with van der Waals surface area (Å²) in [5, 5.41) is 3.93. The third-order valence-corrected chi connectivity index (χ3v) is 6.64. The monoisotopic (exact) mass is 495 g/mol. The minimum Gasteiger partial charge on any atom is -0.454 e. The highest BCUT2D eigenvalue weighted by Crippen LogP contribution is 2.33. The van der Waals surface area contributed by atoms with Gasteiger partial charge in [0, 0.05) is 13.0 Å². The number of carbonyl (C=O) groups is 1. The minimum atomic E-state index is -0.463. The molecule has 1 N–H and O–H groups in total. The molecular weight excluding hydrogens is 473 g/mol. The van der Waals surface area contributed by atoms with Crippen LogP contribution in [0.4, 0.5) is 0 Å². The molecule has 0 unspecified atom stereocenters. The van der Waals surface area contributed by atoms with Crippen LogP contribution in [0.2, 0.25) is 10.0 Å². The number of ether oxygens (including phenoxy) is 2. The maximum Gasteiger partial charge on any atom is 0.243 e. The Kier molecular flexibility index (Phi) is 6.35. The quantitative estimate of drug-likeness (QED) is 0.345. The molecule has 8 heteroatoms. The smallest absolute Gasteiger partial charge is 0.243 e. The maximum atomic E-state index is 13.4. The van der Waals surface area contributed by atoms with Crippen molar-refractivity contribution in [2.75, 3.05) is 6.79 Å². The summed E-state index contributed by atoms with van der Waals surface area (Å²) in [6, 6.07) is 18.8. The average Bonchev–Trinajstić information content (AvgIpc) is 3.44. The maximum absolute atomic E-state index is 13.4. The first-order valence-corrected chi connectivity index (χ1v) is 11.8. The van der Waals surface area contributed by atoms with Gasteiger partial charge in [0.2, 0.25) is 12.7 Å². The molecule has 34 heavy (non-hydrogen) atoms.